The fourth-order valence-electron chi connectivity index (χ4n) is 4.32. The summed E-state index contributed by atoms with van der Waals surface area (Å²) >= 11 is 0. The van der Waals surface area contributed by atoms with Crippen molar-refractivity contribution in [3.05, 3.63) is 0 Å². The first-order valence-electron chi connectivity index (χ1n) is 5.30. The Morgan fingerprint density at radius 1 is 1.50 bits per heavy atom. The molecule has 76 valence electrons. The molecule has 5 unspecified atom stereocenters. The molecule has 0 aromatic carbocycles. The summed E-state index contributed by atoms with van der Waals surface area (Å²) < 4.78 is 11.6. The van der Waals surface area contributed by atoms with Gasteiger partial charge in [0.25, 0.3) is 0 Å². The summed E-state index contributed by atoms with van der Waals surface area (Å²) in [4.78, 5) is 0. The van der Waals surface area contributed by atoms with Crippen LogP contribution in [0.15, 0.2) is 0 Å². The number of hydrogen-bond donors (Lipinski definition) is 0. The summed E-state index contributed by atoms with van der Waals surface area (Å²) in [5.74, 6) is 1.42. The van der Waals surface area contributed by atoms with E-state index in [1.807, 2.05) is 0 Å². The molecule has 1 aliphatic heterocycles. The van der Waals surface area contributed by atoms with E-state index in [4.69, 9.17) is 0 Å². The minimum atomic E-state index is -0.909. The molecule has 1 heterocycles. The van der Waals surface area contributed by atoms with Gasteiger partial charge in [-0.1, -0.05) is 13.8 Å². The first-order valence-corrected chi connectivity index (χ1v) is 6.62. The molecule has 0 N–H and O–H groups in total. The van der Waals surface area contributed by atoms with E-state index in [-0.39, 0.29) is 10.8 Å². The molecule has 4 bridgehead atoms. The number of nitrogens with zero attached hydrogens (tertiary/aromatic N) is 1. The average molecular weight is 209 g/mol. The molecular formula is C11H15NOS. The summed E-state index contributed by atoms with van der Waals surface area (Å²) in [5, 5.41) is 9.37. The summed E-state index contributed by atoms with van der Waals surface area (Å²) in [7, 11) is -0.909. The maximum atomic E-state index is 12.1. The van der Waals surface area contributed by atoms with Crippen molar-refractivity contribution in [1.82, 2.24) is 0 Å². The van der Waals surface area contributed by atoms with Crippen molar-refractivity contribution in [3.63, 3.8) is 0 Å². The van der Waals surface area contributed by atoms with E-state index < -0.39 is 15.5 Å². The molecule has 3 fully saturated rings. The smallest absolute Gasteiger partial charge is 0.138 e. The minimum Gasteiger partial charge on any atom is -0.258 e. The Hall–Kier alpha value is -0.360. The molecule has 0 radical (unpaired) electrons. The zero-order valence-corrected chi connectivity index (χ0v) is 9.49. The molecular weight excluding hydrogens is 194 g/mol. The summed E-state index contributed by atoms with van der Waals surface area (Å²) in [6.45, 7) is 4.46. The van der Waals surface area contributed by atoms with E-state index in [0.717, 1.165) is 18.6 Å². The molecule has 1 saturated heterocycles. The van der Waals surface area contributed by atoms with Crippen LogP contribution in [-0.4, -0.2) is 14.7 Å². The van der Waals surface area contributed by atoms with Gasteiger partial charge in [0, 0.05) is 22.0 Å². The molecule has 0 aromatic heterocycles. The van der Waals surface area contributed by atoms with Crippen molar-refractivity contribution in [2.24, 2.45) is 16.7 Å². The molecule has 2 aliphatic carbocycles. The summed E-state index contributed by atoms with van der Waals surface area (Å²) in [5.41, 5.74) is 0.220. The third-order valence-electron chi connectivity index (χ3n) is 5.58. The van der Waals surface area contributed by atoms with Crippen LogP contribution in [0.1, 0.15) is 33.1 Å². The van der Waals surface area contributed by atoms with Gasteiger partial charge in [-0.3, -0.25) is 4.21 Å². The van der Waals surface area contributed by atoms with Gasteiger partial charge in [-0.05, 0) is 30.6 Å². The van der Waals surface area contributed by atoms with Crippen molar-refractivity contribution < 1.29 is 4.21 Å². The van der Waals surface area contributed by atoms with Gasteiger partial charge in [0.05, 0.1) is 6.07 Å². The average Bonchev–Trinajstić information content (AvgIpc) is 2.56. The van der Waals surface area contributed by atoms with Crippen molar-refractivity contribution in [1.29, 1.82) is 5.26 Å². The van der Waals surface area contributed by atoms with Crippen molar-refractivity contribution in [3.8, 4) is 6.07 Å². The van der Waals surface area contributed by atoms with Crippen LogP contribution in [0.5, 0.6) is 0 Å². The van der Waals surface area contributed by atoms with Gasteiger partial charge in [-0.2, -0.15) is 5.26 Å². The van der Waals surface area contributed by atoms with E-state index in [0.29, 0.717) is 5.92 Å². The zero-order chi connectivity index (χ0) is 10.2. The molecule has 0 aromatic rings. The Kier molecular flexibility index (Phi) is 1.33. The highest BCUT2D eigenvalue weighted by Crippen LogP contribution is 2.75. The van der Waals surface area contributed by atoms with Gasteiger partial charge < -0.3 is 0 Å². The molecule has 3 aliphatic rings. The monoisotopic (exact) mass is 209 g/mol. The first kappa shape index (κ1) is 8.91. The van der Waals surface area contributed by atoms with Crippen LogP contribution in [-0.2, 0) is 10.8 Å². The third kappa shape index (κ3) is 0.557. The second-order valence-corrected chi connectivity index (χ2v) is 7.29. The van der Waals surface area contributed by atoms with E-state index in [2.05, 4.69) is 19.9 Å². The standard InChI is InChI=1S/C11H15NOS/c1-9-7-14(13)11(6-12)5-8(9)3-4-10(9,11)2/h8H,3-5,7H2,1-2H3. The molecule has 0 amide bonds. The SMILES string of the molecule is CC12CS(=O)C3(C#N)CC1CCC23C. The second-order valence-electron chi connectivity index (χ2n) is 5.62. The van der Waals surface area contributed by atoms with Crippen molar-refractivity contribution in [2.45, 2.75) is 37.9 Å². The van der Waals surface area contributed by atoms with E-state index in [1.165, 1.54) is 6.42 Å². The van der Waals surface area contributed by atoms with Gasteiger partial charge in [0.15, 0.2) is 0 Å². The second kappa shape index (κ2) is 2.09. The molecule has 0 spiro atoms. The Morgan fingerprint density at radius 2 is 2.21 bits per heavy atom. The first-order chi connectivity index (χ1) is 6.50. The van der Waals surface area contributed by atoms with Crippen LogP contribution in [0.4, 0.5) is 0 Å². The Balaban J connectivity index is 2.28. The van der Waals surface area contributed by atoms with Crippen molar-refractivity contribution in [2.75, 3.05) is 5.75 Å². The fourth-order valence-corrected chi connectivity index (χ4v) is 6.99. The van der Waals surface area contributed by atoms with Crippen LogP contribution in [0.3, 0.4) is 0 Å². The van der Waals surface area contributed by atoms with E-state index in [1.54, 1.807) is 0 Å². The zero-order valence-electron chi connectivity index (χ0n) is 8.67. The number of rotatable bonds is 0. The van der Waals surface area contributed by atoms with Crippen molar-refractivity contribution >= 4 is 10.8 Å². The van der Waals surface area contributed by atoms with E-state index >= 15 is 0 Å². The largest absolute Gasteiger partial charge is 0.258 e. The molecule has 5 atom stereocenters. The number of hydrogen-bond acceptors (Lipinski definition) is 2. The van der Waals surface area contributed by atoms with E-state index in [9.17, 15) is 9.47 Å². The summed E-state index contributed by atoms with van der Waals surface area (Å²) in [6.07, 6.45) is 3.24. The lowest BCUT2D eigenvalue weighted by Gasteiger charge is -2.36. The van der Waals surface area contributed by atoms with Crippen LogP contribution < -0.4 is 0 Å². The Bertz CT molecular complexity index is 387. The topological polar surface area (TPSA) is 40.9 Å². The minimum absolute atomic E-state index is 0.0320. The predicted octanol–water partition coefficient (Wildman–Crippen LogP) is 1.84. The Labute approximate surface area is 87.1 Å². The highest BCUT2D eigenvalue weighted by Gasteiger charge is 2.78. The lowest BCUT2D eigenvalue weighted by molar-refractivity contribution is 0.162. The molecule has 2 saturated carbocycles. The van der Waals surface area contributed by atoms with Crippen LogP contribution >= 0.6 is 0 Å². The maximum Gasteiger partial charge on any atom is 0.138 e. The predicted molar refractivity (Wildman–Crippen MR) is 54.9 cm³/mol. The maximum absolute atomic E-state index is 12.1. The normalized spacial score (nSPS) is 64.4. The number of nitriles is 1. The van der Waals surface area contributed by atoms with Gasteiger partial charge in [-0.25, -0.2) is 0 Å². The lowest BCUT2D eigenvalue weighted by atomic mass is 9.67. The summed E-state index contributed by atoms with van der Waals surface area (Å²) in [6, 6.07) is 2.42. The van der Waals surface area contributed by atoms with Gasteiger partial charge in [0.1, 0.15) is 4.75 Å². The van der Waals surface area contributed by atoms with Gasteiger partial charge in [-0.15, -0.1) is 0 Å². The lowest BCUT2D eigenvalue weighted by Crippen LogP contribution is -2.42. The highest BCUT2D eigenvalue weighted by molar-refractivity contribution is 7.87. The van der Waals surface area contributed by atoms with Gasteiger partial charge >= 0.3 is 0 Å². The quantitative estimate of drug-likeness (QED) is 0.611. The third-order valence-corrected chi connectivity index (χ3v) is 7.93. The molecule has 2 nitrogen and oxygen atoms in total. The van der Waals surface area contributed by atoms with Gasteiger partial charge in [0.2, 0.25) is 0 Å². The molecule has 3 heteroatoms. The molecule has 14 heavy (non-hydrogen) atoms. The van der Waals surface area contributed by atoms with Crippen LogP contribution in [0.25, 0.3) is 0 Å². The van der Waals surface area contributed by atoms with Crippen LogP contribution in [0.2, 0.25) is 0 Å². The highest BCUT2D eigenvalue weighted by atomic mass is 32.2. The van der Waals surface area contributed by atoms with Crippen LogP contribution in [0, 0.1) is 28.1 Å². The Morgan fingerprint density at radius 3 is 2.71 bits per heavy atom. The fraction of sp³-hybridized carbons (Fsp3) is 0.909. The molecule has 3 rings (SSSR count).